The van der Waals surface area contributed by atoms with E-state index in [0.29, 0.717) is 0 Å². The smallest absolute Gasteiger partial charge is 0.462 e. The van der Waals surface area contributed by atoms with Gasteiger partial charge in [-0.3, -0.25) is 4.79 Å². The predicted molar refractivity (Wildman–Crippen MR) is 115 cm³/mol. The van der Waals surface area contributed by atoms with Gasteiger partial charge in [0.05, 0.1) is 29.9 Å². The molecule has 0 aliphatic rings. The van der Waals surface area contributed by atoms with Crippen molar-refractivity contribution in [1.82, 2.24) is 0 Å². The van der Waals surface area contributed by atoms with Crippen LogP contribution in [-0.2, 0) is 14.2 Å². The Morgan fingerprint density at radius 3 is 1.94 bits per heavy atom. The van der Waals surface area contributed by atoms with Crippen molar-refractivity contribution in [3.8, 4) is 5.75 Å². The van der Waals surface area contributed by atoms with Crippen LogP contribution in [0.5, 0.6) is 5.75 Å². The largest absolute Gasteiger partial charge is 0.514 e. The fourth-order valence-corrected chi connectivity index (χ4v) is 2.78. The number of ketones is 1. The molecule has 0 aromatic heterocycles. The number of hydrogen-bond donors (Lipinski definition) is 0. The van der Waals surface area contributed by atoms with E-state index >= 15 is 0 Å². The quantitative estimate of drug-likeness (QED) is 0.265. The van der Waals surface area contributed by atoms with Gasteiger partial charge in [-0.15, -0.1) is 0 Å². The molecule has 0 amide bonds. The van der Waals surface area contributed by atoms with Crippen molar-refractivity contribution in [3.05, 3.63) is 64.7 Å². The lowest BCUT2D eigenvalue weighted by molar-refractivity contribution is 0.0203. The maximum absolute atomic E-state index is 13.4. The van der Waals surface area contributed by atoms with Crippen LogP contribution in [0.2, 0.25) is 0 Å². The van der Waals surface area contributed by atoms with Crippen LogP contribution in [-0.4, -0.2) is 42.7 Å². The highest BCUT2D eigenvalue weighted by atomic mass is 16.7. The molecule has 0 N–H and O–H groups in total. The second kappa shape index (κ2) is 10.6. The van der Waals surface area contributed by atoms with Crippen molar-refractivity contribution < 1.29 is 38.1 Å². The number of esters is 2. The summed E-state index contributed by atoms with van der Waals surface area (Å²) >= 11 is 0. The number of hydrogen-bond acceptors (Lipinski definition) is 8. The van der Waals surface area contributed by atoms with Crippen LogP contribution >= 0.6 is 0 Å². The molecule has 0 unspecified atom stereocenters. The van der Waals surface area contributed by atoms with Crippen LogP contribution in [0.4, 0.5) is 4.79 Å². The molecule has 2 aromatic carbocycles. The van der Waals surface area contributed by atoms with Gasteiger partial charge in [0.25, 0.3) is 0 Å². The molecule has 170 valence electrons. The molecule has 0 saturated carbocycles. The molecule has 2 aromatic rings. The molecular weight excluding hydrogens is 416 g/mol. The van der Waals surface area contributed by atoms with E-state index in [2.05, 4.69) is 0 Å². The molecule has 0 saturated heterocycles. The molecule has 0 fully saturated rings. The summed E-state index contributed by atoms with van der Waals surface area (Å²) < 4.78 is 20.6. The van der Waals surface area contributed by atoms with Gasteiger partial charge in [-0.2, -0.15) is 0 Å². The molecule has 2 rings (SSSR count). The van der Waals surface area contributed by atoms with Crippen LogP contribution < -0.4 is 4.74 Å². The van der Waals surface area contributed by atoms with Crippen molar-refractivity contribution in [2.75, 3.05) is 13.2 Å². The Balaban J connectivity index is 2.73. The molecule has 0 aliphatic heterocycles. The van der Waals surface area contributed by atoms with E-state index in [1.165, 1.54) is 24.3 Å². The van der Waals surface area contributed by atoms with Crippen molar-refractivity contribution in [2.45, 2.75) is 40.2 Å². The average molecular weight is 442 g/mol. The van der Waals surface area contributed by atoms with Gasteiger partial charge in [-0.1, -0.05) is 30.3 Å². The lowest BCUT2D eigenvalue weighted by Gasteiger charge is -2.20. The highest BCUT2D eigenvalue weighted by Crippen LogP contribution is 2.31. The molecule has 0 bridgehead atoms. The summed E-state index contributed by atoms with van der Waals surface area (Å²) in [6, 6.07) is 10.6. The van der Waals surface area contributed by atoms with Crippen molar-refractivity contribution in [3.63, 3.8) is 0 Å². The Kier molecular flexibility index (Phi) is 8.12. The van der Waals surface area contributed by atoms with Gasteiger partial charge in [-0.25, -0.2) is 14.4 Å². The standard InChI is InChI=1S/C24H26O8/c1-6-29-21(26)16-13-14-17(31-23(28)32-24(3,4)5)19(18(16)22(27)30-7-2)20(25)15-11-9-8-10-12-15/h8-14H,6-7H2,1-5H3. The van der Waals surface area contributed by atoms with E-state index in [4.69, 9.17) is 18.9 Å². The fraction of sp³-hybridized carbons (Fsp3) is 0.333. The summed E-state index contributed by atoms with van der Waals surface area (Å²) in [6.45, 7) is 8.20. The average Bonchev–Trinajstić information content (AvgIpc) is 2.72. The van der Waals surface area contributed by atoms with E-state index in [1.54, 1.807) is 52.8 Å². The van der Waals surface area contributed by atoms with Gasteiger partial charge in [-0.05, 0) is 46.8 Å². The van der Waals surface area contributed by atoms with Gasteiger partial charge >= 0.3 is 18.1 Å². The summed E-state index contributed by atoms with van der Waals surface area (Å²) in [5, 5.41) is 0. The minimum Gasteiger partial charge on any atom is -0.462 e. The van der Waals surface area contributed by atoms with Crippen molar-refractivity contribution in [1.29, 1.82) is 0 Å². The van der Waals surface area contributed by atoms with Gasteiger partial charge in [0.15, 0.2) is 5.78 Å². The van der Waals surface area contributed by atoms with Crippen LogP contribution in [0, 0.1) is 0 Å². The third-order valence-electron chi connectivity index (χ3n) is 3.99. The third-order valence-corrected chi connectivity index (χ3v) is 3.99. The van der Waals surface area contributed by atoms with Gasteiger partial charge in [0.2, 0.25) is 0 Å². The van der Waals surface area contributed by atoms with Crippen molar-refractivity contribution >= 4 is 23.9 Å². The molecule has 0 atom stereocenters. The lowest BCUT2D eigenvalue weighted by atomic mass is 9.93. The molecule has 0 spiro atoms. The van der Waals surface area contributed by atoms with Gasteiger partial charge in [0, 0.05) is 5.56 Å². The summed E-state index contributed by atoms with van der Waals surface area (Å²) in [7, 11) is 0. The summed E-state index contributed by atoms with van der Waals surface area (Å²) in [4.78, 5) is 51.1. The molecule has 0 aliphatic carbocycles. The highest BCUT2D eigenvalue weighted by Gasteiger charge is 2.32. The Morgan fingerprint density at radius 1 is 0.781 bits per heavy atom. The minimum atomic E-state index is -1.07. The summed E-state index contributed by atoms with van der Waals surface area (Å²) in [5.41, 5.74) is -1.46. The highest BCUT2D eigenvalue weighted by molar-refractivity contribution is 6.19. The molecule has 8 heteroatoms. The second-order valence-corrected chi connectivity index (χ2v) is 7.56. The SMILES string of the molecule is CCOC(=O)c1ccc(OC(=O)OC(C)(C)C)c(C(=O)c2ccccc2)c1C(=O)OCC. The monoisotopic (exact) mass is 442 g/mol. The second-order valence-electron chi connectivity index (χ2n) is 7.56. The summed E-state index contributed by atoms with van der Waals surface area (Å²) in [5.74, 6) is -2.63. The van der Waals surface area contributed by atoms with E-state index < -0.39 is 29.5 Å². The number of benzene rings is 2. The van der Waals surface area contributed by atoms with Crippen LogP contribution in [0.15, 0.2) is 42.5 Å². The number of carbonyl (C=O) groups excluding carboxylic acids is 4. The first-order chi connectivity index (χ1) is 15.1. The van der Waals surface area contributed by atoms with Gasteiger partial charge < -0.3 is 18.9 Å². The van der Waals surface area contributed by atoms with Crippen LogP contribution in [0.25, 0.3) is 0 Å². The van der Waals surface area contributed by atoms with Crippen LogP contribution in [0.1, 0.15) is 71.3 Å². The van der Waals surface area contributed by atoms with E-state index in [-0.39, 0.29) is 41.2 Å². The molecule has 8 nitrogen and oxygen atoms in total. The Labute approximate surface area is 186 Å². The Hall–Kier alpha value is -3.68. The molecular formula is C24H26O8. The van der Waals surface area contributed by atoms with Crippen LogP contribution in [0.3, 0.4) is 0 Å². The zero-order valence-corrected chi connectivity index (χ0v) is 18.7. The Morgan fingerprint density at radius 2 is 1.38 bits per heavy atom. The first-order valence-electron chi connectivity index (χ1n) is 10.1. The number of rotatable bonds is 7. The van der Waals surface area contributed by atoms with E-state index in [1.807, 2.05) is 0 Å². The molecule has 0 heterocycles. The van der Waals surface area contributed by atoms with Gasteiger partial charge in [0.1, 0.15) is 11.4 Å². The summed E-state index contributed by atoms with van der Waals surface area (Å²) in [6.07, 6.45) is -1.07. The maximum atomic E-state index is 13.4. The topological polar surface area (TPSA) is 105 Å². The predicted octanol–water partition coefficient (Wildman–Crippen LogP) is 4.58. The zero-order chi connectivity index (χ0) is 23.9. The number of ether oxygens (including phenoxy) is 4. The molecule has 32 heavy (non-hydrogen) atoms. The normalized spacial score (nSPS) is 10.8. The first kappa shape index (κ1) is 24.6. The van der Waals surface area contributed by atoms with E-state index in [0.717, 1.165) is 0 Å². The third kappa shape index (κ3) is 6.16. The first-order valence-corrected chi connectivity index (χ1v) is 10.1. The van der Waals surface area contributed by atoms with Crippen molar-refractivity contribution in [2.24, 2.45) is 0 Å². The number of carbonyl (C=O) groups is 4. The minimum absolute atomic E-state index is 0.00276. The maximum Gasteiger partial charge on any atom is 0.514 e. The molecule has 0 radical (unpaired) electrons. The lowest BCUT2D eigenvalue weighted by Crippen LogP contribution is -2.27. The fourth-order valence-electron chi connectivity index (χ4n) is 2.78. The zero-order valence-electron chi connectivity index (χ0n) is 18.7. The van der Waals surface area contributed by atoms with E-state index in [9.17, 15) is 19.2 Å². The Bertz CT molecular complexity index is 1000.